The van der Waals surface area contributed by atoms with Crippen molar-refractivity contribution in [1.82, 2.24) is 0 Å². The SMILES string of the molecule is Cc1cccc(N(C)C2CCC(C(=O)O)CC2)c1. The number of aryl methyl sites for hydroxylation is 1. The molecule has 1 aliphatic rings. The molecule has 0 aromatic heterocycles. The third-order valence-electron chi connectivity index (χ3n) is 4.00. The molecule has 18 heavy (non-hydrogen) atoms. The van der Waals surface area contributed by atoms with Gasteiger partial charge in [-0.25, -0.2) is 0 Å². The first-order valence-corrected chi connectivity index (χ1v) is 6.60. The molecule has 1 saturated carbocycles. The van der Waals surface area contributed by atoms with Crippen molar-refractivity contribution >= 4 is 11.7 Å². The first-order valence-electron chi connectivity index (χ1n) is 6.60. The van der Waals surface area contributed by atoms with Crippen molar-refractivity contribution in [1.29, 1.82) is 0 Å². The lowest BCUT2D eigenvalue weighted by molar-refractivity contribution is -0.142. The van der Waals surface area contributed by atoms with Gasteiger partial charge in [-0.2, -0.15) is 0 Å². The molecule has 0 amide bonds. The Morgan fingerprint density at radius 1 is 1.28 bits per heavy atom. The number of benzene rings is 1. The Hall–Kier alpha value is -1.51. The third-order valence-corrected chi connectivity index (χ3v) is 4.00. The monoisotopic (exact) mass is 247 g/mol. The van der Waals surface area contributed by atoms with Gasteiger partial charge in [0.2, 0.25) is 0 Å². The Kier molecular flexibility index (Phi) is 3.90. The van der Waals surface area contributed by atoms with E-state index in [1.54, 1.807) is 0 Å². The van der Waals surface area contributed by atoms with Crippen LogP contribution in [0.1, 0.15) is 31.2 Å². The van der Waals surface area contributed by atoms with Crippen LogP contribution in [0.5, 0.6) is 0 Å². The van der Waals surface area contributed by atoms with Crippen molar-refractivity contribution in [3.8, 4) is 0 Å². The molecule has 0 bridgehead atoms. The van der Waals surface area contributed by atoms with Crippen molar-refractivity contribution in [2.75, 3.05) is 11.9 Å². The maximum atomic E-state index is 10.9. The number of aliphatic carboxylic acids is 1. The summed E-state index contributed by atoms with van der Waals surface area (Å²) in [6, 6.07) is 8.95. The predicted molar refractivity (Wildman–Crippen MR) is 73.0 cm³/mol. The Morgan fingerprint density at radius 3 is 2.50 bits per heavy atom. The normalized spacial score (nSPS) is 23.7. The highest BCUT2D eigenvalue weighted by Gasteiger charge is 2.27. The number of carbonyl (C=O) groups is 1. The zero-order valence-corrected chi connectivity index (χ0v) is 11.1. The fourth-order valence-corrected chi connectivity index (χ4v) is 2.77. The number of carboxylic acids is 1. The van der Waals surface area contributed by atoms with Gasteiger partial charge in [0.25, 0.3) is 0 Å². The van der Waals surface area contributed by atoms with E-state index in [2.05, 4.69) is 43.1 Å². The van der Waals surface area contributed by atoms with Gasteiger partial charge in [0.05, 0.1) is 5.92 Å². The van der Waals surface area contributed by atoms with E-state index < -0.39 is 5.97 Å². The molecule has 3 heteroatoms. The van der Waals surface area contributed by atoms with E-state index in [0.717, 1.165) is 25.7 Å². The second-order valence-electron chi connectivity index (χ2n) is 5.29. The molecule has 1 fully saturated rings. The Labute approximate surface area is 108 Å². The van der Waals surface area contributed by atoms with Gasteiger partial charge >= 0.3 is 5.97 Å². The van der Waals surface area contributed by atoms with Crippen LogP contribution in [0.3, 0.4) is 0 Å². The van der Waals surface area contributed by atoms with Gasteiger partial charge in [0.1, 0.15) is 0 Å². The highest BCUT2D eigenvalue weighted by Crippen LogP contribution is 2.30. The molecule has 2 rings (SSSR count). The molecule has 0 unspecified atom stereocenters. The van der Waals surface area contributed by atoms with Crippen LogP contribution in [0.25, 0.3) is 0 Å². The summed E-state index contributed by atoms with van der Waals surface area (Å²) in [6.07, 6.45) is 3.55. The van der Waals surface area contributed by atoms with Gasteiger partial charge in [-0.05, 0) is 50.3 Å². The van der Waals surface area contributed by atoms with Gasteiger partial charge in [-0.3, -0.25) is 4.79 Å². The van der Waals surface area contributed by atoms with Crippen molar-refractivity contribution in [2.45, 2.75) is 38.6 Å². The summed E-state index contributed by atoms with van der Waals surface area (Å²) in [7, 11) is 2.11. The third kappa shape index (κ3) is 2.84. The first-order chi connectivity index (χ1) is 8.58. The molecule has 3 nitrogen and oxygen atoms in total. The molecule has 1 aromatic rings. The molecular weight excluding hydrogens is 226 g/mol. The molecule has 1 aromatic carbocycles. The molecule has 0 aliphatic heterocycles. The molecular formula is C15H21NO2. The van der Waals surface area contributed by atoms with Gasteiger partial charge in [0, 0.05) is 18.8 Å². The minimum absolute atomic E-state index is 0.132. The predicted octanol–water partition coefficient (Wildman–Crippen LogP) is 3.07. The average molecular weight is 247 g/mol. The number of hydrogen-bond donors (Lipinski definition) is 1. The quantitative estimate of drug-likeness (QED) is 0.892. The van der Waals surface area contributed by atoms with Gasteiger partial charge in [-0.1, -0.05) is 12.1 Å². The maximum Gasteiger partial charge on any atom is 0.306 e. The van der Waals surface area contributed by atoms with Crippen LogP contribution >= 0.6 is 0 Å². The van der Waals surface area contributed by atoms with E-state index in [0.29, 0.717) is 6.04 Å². The summed E-state index contributed by atoms with van der Waals surface area (Å²) >= 11 is 0. The van der Waals surface area contributed by atoms with Crippen LogP contribution in [0.15, 0.2) is 24.3 Å². The van der Waals surface area contributed by atoms with Crippen LogP contribution in [0.4, 0.5) is 5.69 Å². The Morgan fingerprint density at radius 2 is 1.94 bits per heavy atom. The minimum atomic E-state index is -0.633. The van der Waals surface area contributed by atoms with E-state index in [-0.39, 0.29) is 5.92 Å². The van der Waals surface area contributed by atoms with Crippen LogP contribution in [0.2, 0.25) is 0 Å². The summed E-state index contributed by atoms with van der Waals surface area (Å²) in [4.78, 5) is 13.2. The molecule has 98 valence electrons. The smallest absolute Gasteiger partial charge is 0.306 e. The highest BCUT2D eigenvalue weighted by atomic mass is 16.4. The van der Waals surface area contributed by atoms with Gasteiger partial charge in [-0.15, -0.1) is 0 Å². The number of rotatable bonds is 3. The van der Waals surface area contributed by atoms with E-state index in [1.807, 2.05) is 0 Å². The Balaban J connectivity index is 1.99. The first kappa shape index (κ1) is 12.9. The highest BCUT2D eigenvalue weighted by molar-refractivity contribution is 5.70. The maximum absolute atomic E-state index is 10.9. The fraction of sp³-hybridized carbons (Fsp3) is 0.533. The second kappa shape index (κ2) is 5.42. The lowest BCUT2D eigenvalue weighted by atomic mass is 9.85. The van der Waals surface area contributed by atoms with E-state index >= 15 is 0 Å². The minimum Gasteiger partial charge on any atom is -0.481 e. The zero-order valence-electron chi connectivity index (χ0n) is 11.1. The Bertz CT molecular complexity index is 422. The summed E-state index contributed by atoms with van der Waals surface area (Å²) in [6.45, 7) is 2.10. The standard InChI is InChI=1S/C15H21NO2/c1-11-4-3-5-14(10-11)16(2)13-8-6-12(7-9-13)15(17)18/h3-5,10,12-13H,6-9H2,1-2H3,(H,17,18). The van der Waals surface area contributed by atoms with Crippen LogP contribution in [0, 0.1) is 12.8 Å². The van der Waals surface area contributed by atoms with Crippen LogP contribution < -0.4 is 4.90 Å². The number of hydrogen-bond acceptors (Lipinski definition) is 2. The van der Waals surface area contributed by atoms with Crippen molar-refractivity contribution in [3.05, 3.63) is 29.8 Å². The van der Waals surface area contributed by atoms with Crippen LogP contribution in [-0.2, 0) is 4.79 Å². The molecule has 0 spiro atoms. The number of anilines is 1. The van der Waals surface area contributed by atoms with Gasteiger partial charge < -0.3 is 10.0 Å². The molecule has 1 N–H and O–H groups in total. The van der Waals surface area contributed by atoms with Crippen LogP contribution in [-0.4, -0.2) is 24.2 Å². The topological polar surface area (TPSA) is 40.5 Å². The average Bonchev–Trinajstić information content (AvgIpc) is 2.38. The molecule has 0 radical (unpaired) electrons. The molecule has 0 heterocycles. The zero-order chi connectivity index (χ0) is 13.1. The summed E-state index contributed by atoms with van der Waals surface area (Å²) in [5, 5.41) is 9.00. The number of carboxylic acid groups (broad SMARTS) is 1. The van der Waals surface area contributed by atoms with Crippen molar-refractivity contribution in [2.24, 2.45) is 5.92 Å². The summed E-state index contributed by atoms with van der Waals surface area (Å²) in [5.41, 5.74) is 2.49. The van der Waals surface area contributed by atoms with E-state index in [4.69, 9.17) is 5.11 Å². The molecule has 1 aliphatic carbocycles. The largest absolute Gasteiger partial charge is 0.481 e. The van der Waals surface area contributed by atoms with Gasteiger partial charge in [0.15, 0.2) is 0 Å². The molecule has 0 saturated heterocycles. The second-order valence-corrected chi connectivity index (χ2v) is 5.29. The lowest BCUT2D eigenvalue weighted by Gasteiger charge is -2.35. The van der Waals surface area contributed by atoms with E-state index in [1.165, 1.54) is 11.3 Å². The summed E-state index contributed by atoms with van der Waals surface area (Å²) in [5.74, 6) is -0.765. The van der Waals surface area contributed by atoms with Crippen molar-refractivity contribution in [3.63, 3.8) is 0 Å². The van der Waals surface area contributed by atoms with Crippen molar-refractivity contribution < 1.29 is 9.90 Å². The molecule has 0 atom stereocenters. The fourth-order valence-electron chi connectivity index (χ4n) is 2.77. The number of nitrogens with zero attached hydrogens (tertiary/aromatic N) is 1. The summed E-state index contributed by atoms with van der Waals surface area (Å²) < 4.78 is 0. The lowest BCUT2D eigenvalue weighted by Crippen LogP contribution is -2.36. The van der Waals surface area contributed by atoms with E-state index in [9.17, 15) is 4.79 Å².